The number of nitrogens with one attached hydrogen (secondary N) is 1. The van der Waals surface area contributed by atoms with E-state index in [2.05, 4.69) is 14.7 Å². The SMILES string of the molecule is Cc1nc(-c2cc(C(F)(F)F)ccc2O[C@@H]2CC(C)(C)Oc3cc(S(=O)(=O)Nc4nccs4)ccc32)co1. The van der Waals surface area contributed by atoms with Crippen molar-refractivity contribution in [3.63, 3.8) is 0 Å². The number of alkyl halides is 3. The Morgan fingerprint density at radius 2 is 1.97 bits per heavy atom. The van der Waals surface area contributed by atoms with Gasteiger partial charge in [0.1, 0.15) is 35.2 Å². The fourth-order valence-corrected chi connectivity index (χ4v) is 5.94. The zero-order chi connectivity index (χ0) is 27.3. The fourth-order valence-electron chi connectivity index (χ4n) is 4.13. The van der Waals surface area contributed by atoms with Crippen molar-refractivity contribution in [3.05, 3.63) is 71.3 Å². The Balaban J connectivity index is 1.52. The maximum Gasteiger partial charge on any atom is 0.416 e. The molecule has 200 valence electrons. The summed E-state index contributed by atoms with van der Waals surface area (Å²) < 4.78 is 86.2. The van der Waals surface area contributed by atoms with Gasteiger partial charge in [0, 0.05) is 42.1 Å². The summed E-state index contributed by atoms with van der Waals surface area (Å²) in [4.78, 5) is 8.10. The molecular formula is C25H22F3N3O5S2. The number of fused-ring (bicyclic) bond motifs is 1. The molecule has 2 aromatic heterocycles. The van der Waals surface area contributed by atoms with Crippen LogP contribution in [0.15, 0.2) is 63.6 Å². The Kier molecular flexibility index (Phi) is 6.38. The van der Waals surface area contributed by atoms with Gasteiger partial charge in [-0.1, -0.05) is 6.07 Å². The Bertz CT molecular complexity index is 1580. The summed E-state index contributed by atoms with van der Waals surface area (Å²) >= 11 is 1.14. The minimum atomic E-state index is -4.56. The van der Waals surface area contributed by atoms with Crippen molar-refractivity contribution in [1.82, 2.24) is 9.97 Å². The number of hydrogen-bond donors (Lipinski definition) is 1. The Hall–Kier alpha value is -3.58. The van der Waals surface area contributed by atoms with Gasteiger partial charge in [-0.2, -0.15) is 13.2 Å². The van der Waals surface area contributed by atoms with Crippen molar-refractivity contribution in [2.45, 2.75) is 50.0 Å². The Labute approximate surface area is 220 Å². The van der Waals surface area contributed by atoms with Gasteiger partial charge in [0.15, 0.2) is 11.0 Å². The average Bonchev–Trinajstić information content (AvgIpc) is 3.48. The number of ether oxygens (including phenoxy) is 2. The van der Waals surface area contributed by atoms with E-state index in [1.165, 1.54) is 30.7 Å². The quantitative estimate of drug-likeness (QED) is 0.281. The third-order valence-corrected chi connectivity index (χ3v) is 7.98. The number of oxazole rings is 1. The zero-order valence-electron chi connectivity index (χ0n) is 20.4. The molecule has 1 N–H and O–H groups in total. The third kappa shape index (κ3) is 5.34. The van der Waals surface area contributed by atoms with Gasteiger partial charge >= 0.3 is 6.18 Å². The van der Waals surface area contributed by atoms with Gasteiger partial charge in [0.2, 0.25) is 0 Å². The summed E-state index contributed by atoms with van der Waals surface area (Å²) in [5.41, 5.74) is -0.742. The summed E-state index contributed by atoms with van der Waals surface area (Å²) in [5, 5.41) is 1.87. The number of halogens is 3. The van der Waals surface area contributed by atoms with Crippen LogP contribution in [0.25, 0.3) is 11.3 Å². The molecule has 1 atom stereocenters. The standard InChI is InChI=1S/C25H22F3N3O5S2/c1-14-30-19(13-34-14)18-10-15(25(26,27)28)4-7-20(18)35-22-12-24(2,3)36-21-11-16(5-6-17(21)22)38(32,33)31-23-29-8-9-37-23/h4-11,13,22H,12H2,1-3H3,(H,29,31)/t22-/m1/s1. The molecule has 13 heteroatoms. The van der Waals surface area contributed by atoms with Crippen LogP contribution in [0.4, 0.5) is 18.3 Å². The van der Waals surface area contributed by atoms with E-state index in [4.69, 9.17) is 13.9 Å². The molecule has 1 aliphatic heterocycles. The lowest BCUT2D eigenvalue weighted by Gasteiger charge is -2.38. The van der Waals surface area contributed by atoms with Gasteiger partial charge in [-0.05, 0) is 38.1 Å². The van der Waals surface area contributed by atoms with Crippen LogP contribution in [0.3, 0.4) is 0 Å². The second kappa shape index (κ2) is 9.31. The van der Waals surface area contributed by atoms with E-state index in [1.54, 1.807) is 18.4 Å². The molecule has 38 heavy (non-hydrogen) atoms. The molecule has 0 fully saturated rings. The topological polar surface area (TPSA) is 104 Å². The van der Waals surface area contributed by atoms with Crippen LogP contribution < -0.4 is 14.2 Å². The molecule has 1 aliphatic rings. The van der Waals surface area contributed by atoms with Gasteiger partial charge in [0.05, 0.1) is 10.5 Å². The number of sulfonamides is 1. The van der Waals surface area contributed by atoms with E-state index in [9.17, 15) is 21.6 Å². The lowest BCUT2D eigenvalue weighted by molar-refractivity contribution is -0.137. The Morgan fingerprint density at radius 1 is 1.18 bits per heavy atom. The average molecular weight is 566 g/mol. The molecule has 0 radical (unpaired) electrons. The molecule has 3 heterocycles. The van der Waals surface area contributed by atoms with Crippen molar-refractivity contribution >= 4 is 26.5 Å². The molecule has 0 saturated heterocycles. The first-order chi connectivity index (χ1) is 17.8. The first-order valence-electron chi connectivity index (χ1n) is 11.4. The number of thiazole rings is 1. The van der Waals surface area contributed by atoms with Crippen LogP contribution in [0, 0.1) is 6.92 Å². The minimum Gasteiger partial charge on any atom is -0.487 e. The molecule has 2 aromatic carbocycles. The van der Waals surface area contributed by atoms with E-state index in [0.717, 1.165) is 23.5 Å². The lowest BCUT2D eigenvalue weighted by Crippen LogP contribution is -2.36. The van der Waals surface area contributed by atoms with E-state index in [-0.39, 0.29) is 27.0 Å². The molecule has 0 spiro atoms. The molecule has 5 rings (SSSR count). The number of hydrogen-bond acceptors (Lipinski definition) is 8. The first kappa shape index (κ1) is 26.0. The van der Waals surface area contributed by atoms with Crippen LogP contribution in [0.2, 0.25) is 0 Å². The molecule has 8 nitrogen and oxygen atoms in total. The van der Waals surface area contributed by atoms with Crippen molar-refractivity contribution < 1.29 is 35.5 Å². The Morgan fingerprint density at radius 3 is 2.63 bits per heavy atom. The van der Waals surface area contributed by atoms with Gasteiger partial charge in [0.25, 0.3) is 10.0 Å². The van der Waals surface area contributed by atoms with Crippen LogP contribution >= 0.6 is 11.3 Å². The summed E-state index contributed by atoms with van der Waals surface area (Å²) in [5.74, 6) is 0.752. The molecule has 0 bridgehead atoms. The van der Waals surface area contributed by atoms with E-state index >= 15 is 0 Å². The summed E-state index contributed by atoms with van der Waals surface area (Å²) in [6.45, 7) is 5.22. The second-order valence-electron chi connectivity index (χ2n) is 9.28. The fraction of sp³-hybridized carbons (Fsp3) is 0.280. The molecular weight excluding hydrogens is 543 g/mol. The second-order valence-corrected chi connectivity index (χ2v) is 11.9. The van der Waals surface area contributed by atoms with Crippen molar-refractivity contribution in [2.24, 2.45) is 0 Å². The first-order valence-corrected chi connectivity index (χ1v) is 13.7. The van der Waals surface area contributed by atoms with Gasteiger partial charge in [-0.3, -0.25) is 4.72 Å². The normalized spacial score (nSPS) is 16.9. The number of benzene rings is 2. The smallest absolute Gasteiger partial charge is 0.416 e. The lowest BCUT2D eigenvalue weighted by atomic mass is 9.91. The maximum absolute atomic E-state index is 13.5. The third-order valence-electron chi connectivity index (χ3n) is 5.83. The number of rotatable bonds is 6. The van der Waals surface area contributed by atoms with Crippen molar-refractivity contribution in [3.8, 4) is 22.8 Å². The van der Waals surface area contributed by atoms with Crippen LogP contribution in [0.1, 0.15) is 43.4 Å². The van der Waals surface area contributed by atoms with Crippen molar-refractivity contribution in [1.29, 1.82) is 0 Å². The molecule has 4 aromatic rings. The van der Waals surface area contributed by atoms with Crippen LogP contribution in [-0.2, 0) is 16.2 Å². The highest BCUT2D eigenvalue weighted by molar-refractivity contribution is 7.93. The van der Waals surface area contributed by atoms with Gasteiger partial charge < -0.3 is 13.9 Å². The molecule has 0 saturated carbocycles. The van der Waals surface area contributed by atoms with Crippen LogP contribution in [0.5, 0.6) is 11.5 Å². The molecule has 0 amide bonds. The summed E-state index contributed by atoms with van der Waals surface area (Å²) in [6, 6.07) is 7.56. The van der Waals surface area contributed by atoms with Gasteiger partial charge in [-0.15, -0.1) is 11.3 Å². The van der Waals surface area contributed by atoms with Crippen molar-refractivity contribution in [2.75, 3.05) is 4.72 Å². The minimum absolute atomic E-state index is 0.0313. The number of anilines is 1. The molecule has 0 aliphatic carbocycles. The summed E-state index contributed by atoms with van der Waals surface area (Å²) in [6.07, 6.45) is -2.11. The summed E-state index contributed by atoms with van der Waals surface area (Å²) in [7, 11) is -3.94. The highest BCUT2D eigenvalue weighted by Crippen LogP contribution is 2.45. The maximum atomic E-state index is 13.5. The van der Waals surface area contributed by atoms with E-state index in [0.29, 0.717) is 23.6 Å². The predicted molar refractivity (Wildman–Crippen MR) is 134 cm³/mol. The highest BCUT2D eigenvalue weighted by Gasteiger charge is 2.37. The van der Waals surface area contributed by atoms with E-state index in [1.807, 2.05) is 13.8 Å². The predicted octanol–water partition coefficient (Wildman–Crippen LogP) is 6.61. The monoisotopic (exact) mass is 565 g/mol. The van der Waals surface area contributed by atoms with Gasteiger partial charge in [-0.25, -0.2) is 18.4 Å². The number of aromatic nitrogens is 2. The largest absolute Gasteiger partial charge is 0.487 e. The highest BCUT2D eigenvalue weighted by atomic mass is 32.2. The molecule has 0 unspecified atom stereocenters. The number of nitrogens with zero attached hydrogens (tertiary/aromatic N) is 2. The van der Waals surface area contributed by atoms with Crippen LogP contribution in [-0.4, -0.2) is 24.0 Å². The zero-order valence-corrected chi connectivity index (χ0v) is 22.0. The van der Waals surface area contributed by atoms with E-state index < -0.39 is 33.5 Å². The number of aryl methyl sites for hydroxylation is 1.